The summed E-state index contributed by atoms with van der Waals surface area (Å²) in [6, 6.07) is 2.80. The van der Waals surface area contributed by atoms with E-state index in [-0.39, 0.29) is 0 Å². The van der Waals surface area contributed by atoms with Crippen LogP contribution in [-0.2, 0) is 6.54 Å². The van der Waals surface area contributed by atoms with Crippen LogP contribution in [0.15, 0.2) is 6.07 Å². The fourth-order valence-electron chi connectivity index (χ4n) is 3.38. The van der Waals surface area contributed by atoms with Crippen molar-refractivity contribution in [3.63, 3.8) is 0 Å². The van der Waals surface area contributed by atoms with Crippen molar-refractivity contribution in [1.29, 1.82) is 0 Å². The number of aryl methyl sites for hydroxylation is 2. The molecule has 21 heavy (non-hydrogen) atoms. The van der Waals surface area contributed by atoms with Gasteiger partial charge in [-0.15, -0.1) is 0 Å². The molecule has 118 valence electrons. The van der Waals surface area contributed by atoms with E-state index in [2.05, 4.69) is 57.8 Å². The first-order valence-corrected chi connectivity index (χ1v) is 8.33. The molecule has 3 heteroatoms. The van der Waals surface area contributed by atoms with Gasteiger partial charge in [0.15, 0.2) is 0 Å². The summed E-state index contributed by atoms with van der Waals surface area (Å²) in [7, 11) is 0. The molecule has 3 nitrogen and oxygen atoms in total. The van der Waals surface area contributed by atoms with Gasteiger partial charge in [0.2, 0.25) is 0 Å². The Kier molecular flexibility index (Phi) is 5.26. The highest BCUT2D eigenvalue weighted by atomic mass is 15.2. The molecule has 0 saturated carbocycles. The van der Waals surface area contributed by atoms with Crippen LogP contribution in [0.3, 0.4) is 0 Å². The van der Waals surface area contributed by atoms with Gasteiger partial charge in [0.25, 0.3) is 0 Å². The van der Waals surface area contributed by atoms with Crippen molar-refractivity contribution in [3.05, 3.63) is 22.9 Å². The van der Waals surface area contributed by atoms with Crippen LogP contribution in [0.4, 0.5) is 5.82 Å². The molecule has 1 fully saturated rings. The van der Waals surface area contributed by atoms with Gasteiger partial charge in [0.05, 0.1) is 0 Å². The highest BCUT2D eigenvalue weighted by Gasteiger charge is 2.29. The molecule has 0 spiro atoms. The van der Waals surface area contributed by atoms with E-state index in [9.17, 15) is 0 Å². The predicted molar refractivity (Wildman–Crippen MR) is 90.8 cm³/mol. The largest absolute Gasteiger partial charge is 0.353 e. The number of rotatable bonds is 5. The van der Waals surface area contributed by atoms with Crippen molar-refractivity contribution in [2.75, 3.05) is 18.0 Å². The summed E-state index contributed by atoms with van der Waals surface area (Å²) in [5.74, 6) is 2.65. The summed E-state index contributed by atoms with van der Waals surface area (Å²) in [5.41, 5.74) is 3.87. The van der Waals surface area contributed by atoms with E-state index in [1.165, 1.54) is 23.4 Å². The number of anilines is 1. The van der Waals surface area contributed by atoms with E-state index >= 15 is 0 Å². The van der Waals surface area contributed by atoms with Gasteiger partial charge in [0.1, 0.15) is 5.82 Å². The van der Waals surface area contributed by atoms with E-state index in [0.717, 1.165) is 31.2 Å². The Labute approximate surface area is 130 Å². The maximum absolute atomic E-state index is 4.88. The molecule has 0 bridgehead atoms. The van der Waals surface area contributed by atoms with Crippen LogP contribution >= 0.6 is 0 Å². The molecule has 0 aliphatic carbocycles. The van der Waals surface area contributed by atoms with E-state index in [1.54, 1.807) is 0 Å². The third-order valence-corrected chi connectivity index (χ3v) is 4.36. The lowest BCUT2D eigenvalue weighted by atomic mass is 10.1. The van der Waals surface area contributed by atoms with Crippen molar-refractivity contribution < 1.29 is 0 Å². The topological polar surface area (TPSA) is 28.2 Å². The molecule has 0 amide bonds. The minimum Gasteiger partial charge on any atom is -0.353 e. The van der Waals surface area contributed by atoms with Gasteiger partial charge in [0, 0.05) is 30.4 Å². The van der Waals surface area contributed by atoms with Crippen molar-refractivity contribution in [3.8, 4) is 0 Å². The summed E-state index contributed by atoms with van der Waals surface area (Å²) in [5, 5.41) is 3.58. The van der Waals surface area contributed by atoms with Gasteiger partial charge in [-0.1, -0.05) is 20.8 Å². The molecule has 0 aromatic carbocycles. The first-order valence-electron chi connectivity index (χ1n) is 8.33. The Morgan fingerprint density at radius 1 is 1.33 bits per heavy atom. The van der Waals surface area contributed by atoms with Gasteiger partial charge in [-0.2, -0.15) is 0 Å². The second kappa shape index (κ2) is 6.78. The van der Waals surface area contributed by atoms with Crippen LogP contribution < -0.4 is 10.2 Å². The maximum Gasteiger partial charge on any atom is 0.133 e. The third kappa shape index (κ3) is 3.97. The quantitative estimate of drug-likeness (QED) is 0.896. The summed E-state index contributed by atoms with van der Waals surface area (Å²) >= 11 is 0. The minimum absolute atomic E-state index is 0.595. The normalized spacial score (nSPS) is 22.3. The monoisotopic (exact) mass is 289 g/mol. The van der Waals surface area contributed by atoms with E-state index in [0.29, 0.717) is 12.0 Å². The zero-order valence-electron chi connectivity index (χ0n) is 14.5. The number of nitrogens with one attached hydrogen (secondary N) is 1. The average molecular weight is 289 g/mol. The summed E-state index contributed by atoms with van der Waals surface area (Å²) in [6.07, 6.45) is 1.27. The van der Waals surface area contributed by atoms with Gasteiger partial charge < -0.3 is 10.2 Å². The number of hydrogen-bond donors (Lipinski definition) is 1. The molecule has 1 N–H and O–H groups in total. The van der Waals surface area contributed by atoms with Crippen molar-refractivity contribution in [2.45, 2.75) is 60.5 Å². The fourth-order valence-corrected chi connectivity index (χ4v) is 3.38. The molecule has 2 atom stereocenters. The summed E-state index contributed by atoms with van der Waals surface area (Å²) < 4.78 is 0. The summed E-state index contributed by atoms with van der Waals surface area (Å²) in [4.78, 5) is 7.40. The zero-order valence-corrected chi connectivity index (χ0v) is 14.5. The lowest BCUT2D eigenvalue weighted by Crippen LogP contribution is -2.30. The molecule has 2 unspecified atom stereocenters. The predicted octanol–water partition coefficient (Wildman–Crippen LogP) is 3.68. The van der Waals surface area contributed by atoms with Crippen molar-refractivity contribution in [1.82, 2.24) is 10.3 Å². The minimum atomic E-state index is 0.595. The number of pyridine rings is 1. The Hall–Kier alpha value is -1.09. The second-order valence-electron chi connectivity index (χ2n) is 7.25. The van der Waals surface area contributed by atoms with Crippen LogP contribution in [-0.4, -0.2) is 24.1 Å². The van der Waals surface area contributed by atoms with Crippen LogP contribution in [0.5, 0.6) is 0 Å². The van der Waals surface area contributed by atoms with Crippen LogP contribution in [0.2, 0.25) is 0 Å². The first-order chi connectivity index (χ1) is 9.88. The number of nitrogens with zero attached hydrogens (tertiary/aromatic N) is 2. The fraction of sp³-hybridized carbons (Fsp3) is 0.722. The molecule has 1 aromatic rings. The maximum atomic E-state index is 4.88. The Morgan fingerprint density at radius 3 is 2.62 bits per heavy atom. The molecule has 0 radical (unpaired) electrons. The number of hydrogen-bond acceptors (Lipinski definition) is 3. The molecule has 1 saturated heterocycles. The smallest absolute Gasteiger partial charge is 0.133 e. The molecular formula is C18H31N3. The van der Waals surface area contributed by atoms with Crippen LogP contribution in [0.1, 0.15) is 50.9 Å². The lowest BCUT2D eigenvalue weighted by molar-refractivity contribution is 0.550. The molecule has 2 rings (SSSR count). The lowest BCUT2D eigenvalue weighted by Gasteiger charge is -2.27. The SMILES string of the molecule is Cc1cc(C)c(CNCC(C)C)c(N2CC(C)CC2C)n1. The Bertz CT molecular complexity index is 482. The van der Waals surface area contributed by atoms with Gasteiger partial charge in [-0.05, 0) is 57.2 Å². The van der Waals surface area contributed by atoms with E-state index < -0.39 is 0 Å². The second-order valence-corrected chi connectivity index (χ2v) is 7.25. The molecule has 2 heterocycles. The van der Waals surface area contributed by atoms with Gasteiger partial charge >= 0.3 is 0 Å². The highest BCUT2D eigenvalue weighted by Crippen LogP contribution is 2.31. The third-order valence-electron chi connectivity index (χ3n) is 4.36. The number of aromatic nitrogens is 1. The average Bonchev–Trinajstić information content (AvgIpc) is 2.70. The van der Waals surface area contributed by atoms with Gasteiger partial charge in [-0.3, -0.25) is 0 Å². The molecular weight excluding hydrogens is 258 g/mol. The highest BCUT2D eigenvalue weighted by molar-refractivity contribution is 5.53. The standard InChI is InChI=1S/C18H31N3/c1-12(2)9-19-10-17-14(4)8-15(5)20-18(17)21-11-13(3)7-16(21)6/h8,12-13,16,19H,7,9-11H2,1-6H3. The Morgan fingerprint density at radius 2 is 2.05 bits per heavy atom. The van der Waals surface area contributed by atoms with Crippen molar-refractivity contribution >= 4 is 5.82 Å². The van der Waals surface area contributed by atoms with E-state index in [1.807, 2.05) is 0 Å². The Balaban J connectivity index is 2.26. The van der Waals surface area contributed by atoms with E-state index in [4.69, 9.17) is 4.98 Å². The molecule has 1 aliphatic heterocycles. The first kappa shape index (κ1) is 16.3. The van der Waals surface area contributed by atoms with Gasteiger partial charge in [-0.25, -0.2) is 4.98 Å². The zero-order chi connectivity index (χ0) is 15.6. The van der Waals surface area contributed by atoms with Crippen LogP contribution in [0, 0.1) is 25.7 Å². The van der Waals surface area contributed by atoms with Crippen molar-refractivity contribution in [2.24, 2.45) is 11.8 Å². The molecule has 1 aliphatic rings. The molecule has 1 aromatic heterocycles. The summed E-state index contributed by atoms with van der Waals surface area (Å²) in [6.45, 7) is 16.6. The van der Waals surface area contributed by atoms with Crippen LogP contribution in [0.25, 0.3) is 0 Å².